The number of morpholine rings is 2. The number of rotatable bonds is 4. The molecule has 0 spiro atoms. The molecular formula is C20H24ClN5O3. The minimum atomic E-state index is -0.290. The summed E-state index contributed by atoms with van der Waals surface area (Å²) in [5, 5.41) is 3.58. The highest BCUT2D eigenvalue weighted by Crippen LogP contribution is 2.34. The molecule has 0 unspecified atom stereocenters. The second-order valence-corrected chi connectivity index (χ2v) is 7.39. The van der Waals surface area contributed by atoms with E-state index in [0.717, 1.165) is 24.5 Å². The number of carbonyl (C=O) groups is 1. The van der Waals surface area contributed by atoms with E-state index in [0.29, 0.717) is 61.9 Å². The summed E-state index contributed by atoms with van der Waals surface area (Å²) < 4.78 is 10.8. The standard InChI is InChI=1S/C20H24ClN5O3/c1-14-13-17(24-20(22-14)26-7-11-29-12-8-26)19(27)23-16-4-2-3-15(21)18(16)25-5-9-28-10-6-25/h2-4,13H,5-12H2,1H3,(H,23,27). The van der Waals surface area contributed by atoms with E-state index in [9.17, 15) is 4.79 Å². The molecule has 0 radical (unpaired) electrons. The normalized spacial score (nSPS) is 17.3. The Hall–Kier alpha value is -2.42. The summed E-state index contributed by atoms with van der Waals surface area (Å²) in [7, 11) is 0. The maximum atomic E-state index is 13.0. The number of anilines is 3. The SMILES string of the molecule is Cc1cc(C(=O)Nc2cccc(Cl)c2N2CCOCC2)nc(N2CCOCC2)n1. The molecule has 154 valence electrons. The lowest BCUT2D eigenvalue weighted by Gasteiger charge is -2.31. The smallest absolute Gasteiger partial charge is 0.274 e. The van der Waals surface area contributed by atoms with Gasteiger partial charge in [-0.15, -0.1) is 0 Å². The van der Waals surface area contributed by atoms with E-state index in [4.69, 9.17) is 21.1 Å². The van der Waals surface area contributed by atoms with Gasteiger partial charge in [0.1, 0.15) is 5.69 Å². The van der Waals surface area contributed by atoms with Crippen LogP contribution in [0.1, 0.15) is 16.2 Å². The lowest BCUT2D eigenvalue weighted by atomic mass is 10.2. The largest absolute Gasteiger partial charge is 0.378 e. The van der Waals surface area contributed by atoms with Crippen LogP contribution in [0, 0.1) is 6.92 Å². The van der Waals surface area contributed by atoms with Gasteiger partial charge in [-0.25, -0.2) is 9.97 Å². The fraction of sp³-hybridized carbons (Fsp3) is 0.450. The number of hydrogen-bond acceptors (Lipinski definition) is 7. The van der Waals surface area contributed by atoms with Gasteiger partial charge in [0.2, 0.25) is 5.95 Å². The molecule has 8 nitrogen and oxygen atoms in total. The molecule has 3 heterocycles. The van der Waals surface area contributed by atoms with Crippen molar-refractivity contribution in [2.24, 2.45) is 0 Å². The third-order valence-electron chi connectivity index (χ3n) is 4.93. The summed E-state index contributed by atoms with van der Waals surface area (Å²) in [5.74, 6) is 0.264. The molecule has 1 amide bonds. The van der Waals surface area contributed by atoms with Crippen LogP contribution in [0.25, 0.3) is 0 Å². The molecule has 4 rings (SSSR count). The molecule has 9 heteroatoms. The van der Waals surface area contributed by atoms with E-state index in [1.165, 1.54) is 0 Å². The predicted octanol–water partition coefficient (Wildman–Crippen LogP) is 2.36. The molecule has 0 bridgehead atoms. The van der Waals surface area contributed by atoms with Crippen LogP contribution in [0.5, 0.6) is 0 Å². The number of hydrogen-bond donors (Lipinski definition) is 1. The van der Waals surface area contributed by atoms with E-state index in [2.05, 4.69) is 20.2 Å². The van der Waals surface area contributed by atoms with Crippen LogP contribution in [0.3, 0.4) is 0 Å². The number of amides is 1. The number of aromatic nitrogens is 2. The fourth-order valence-electron chi connectivity index (χ4n) is 3.48. The van der Waals surface area contributed by atoms with Crippen molar-refractivity contribution in [1.29, 1.82) is 0 Å². The number of carbonyl (C=O) groups excluding carboxylic acids is 1. The first kappa shape index (κ1) is 19.9. The van der Waals surface area contributed by atoms with Crippen LogP contribution >= 0.6 is 11.6 Å². The third-order valence-corrected chi connectivity index (χ3v) is 5.24. The number of aryl methyl sites for hydroxylation is 1. The molecule has 2 saturated heterocycles. The van der Waals surface area contributed by atoms with Crippen molar-refractivity contribution in [1.82, 2.24) is 9.97 Å². The average Bonchev–Trinajstić information content (AvgIpc) is 2.74. The molecular weight excluding hydrogens is 394 g/mol. The van der Waals surface area contributed by atoms with Crippen molar-refractivity contribution in [3.8, 4) is 0 Å². The topological polar surface area (TPSA) is 79.8 Å². The first-order valence-corrected chi connectivity index (χ1v) is 10.1. The van der Waals surface area contributed by atoms with Crippen molar-refractivity contribution in [2.75, 3.05) is 67.7 Å². The zero-order valence-corrected chi connectivity index (χ0v) is 17.1. The average molecular weight is 418 g/mol. The minimum absolute atomic E-state index is 0.290. The summed E-state index contributed by atoms with van der Waals surface area (Å²) in [6.45, 7) is 7.25. The second kappa shape index (κ2) is 8.94. The van der Waals surface area contributed by atoms with Crippen molar-refractivity contribution in [3.63, 3.8) is 0 Å². The molecule has 2 aliphatic rings. The van der Waals surface area contributed by atoms with E-state index in [1.807, 2.05) is 30.0 Å². The molecule has 2 fully saturated rings. The van der Waals surface area contributed by atoms with Crippen molar-refractivity contribution in [3.05, 3.63) is 40.7 Å². The molecule has 2 aliphatic heterocycles. The van der Waals surface area contributed by atoms with E-state index < -0.39 is 0 Å². The van der Waals surface area contributed by atoms with Gasteiger partial charge in [-0.05, 0) is 25.1 Å². The summed E-state index contributed by atoms with van der Waals surface area (Å²) >= 11 is 6.47. The molecule has 0 aliphatic carbocycles. The summed E-state index contributed by atoms with van der Waals surface area (Å²) in [4.78, 5) is 26.2. The summed E-state index contributed by atoms with van der Waals surface area (Å²) in [6, 6.07) is 7.20. The number of nitrogens with one attached hydrogen (secondary N) is 1. The second-order valence-electron chi connectivity index (χ2n) is 6.98. The van der Waals surface area contributed by atoms with Gasteiger partial charge in [-0.1, -0.05) is 17.7 Å². The molecule has 29 heavy (non-hydrogen) atoms. The monoisotopic (exact) mass is 417 g/mol. The van der Waals surface area contributed by atoms with Gasteiger partial charge in [0.25, 0.3) is 5.91 Å². The molecule has 0 saturated carbocycles. The van der Waals surface area contributed by atoms with Gasteiger partial charge < -0.3 is 24.6 Å². The Kier molecular flexibility index (Phi) is 6.13. The Labute approximate surface area is 174 Å². The molecule has 1 N–H and O–H groups in total. The molecule has 1 aromatic heterocycles. The fourth-order valence-corrected chi connectivity index (χ4v) is 3.78. The Bertz CT molecular complexity index is 882. The molecule has 0 atom stereocenters. The van der Waals surface area contributed by atoms with Gasteiger partial charge in [-0.2, -0.15) is 0 Å². The minimum Gasteiger partial charge on any atom is -0.378 e. The number of benzene rings is 1. The quantitative estimate of drug-likeness (QED) is 0.817. The van der Waals surface area contributed by atoms with E-state index in [-0.39, 0.29) is 5.91 Å². The van der Waals surface area contributed by atoms with Crippen LogP contribution in [0.15, 0.2) is 24.3 Å². The van der Waals surface area contributed by atoms with Gasteiger partial charge >= 0.3 is 0 Å². The maximum absolute atomic E-state index is 13.0. The van der Waals surface area contributed by atoms with Crippen LogP contribution in [0.2, 0.25) is 5.02 Å². The third kappa shape index (κ3) is 4.60. The van der Waals surface area contributed by atoms with Crippen LogP contribution in [0.4, 0.5) is 17.3 Å². The molecule has 2 aromatic rings. The van der Waals surface area contributed by atoms with Crippen molar-refractivity contribution in [2.45, 2.75) is 6.92 Å². The predicted molar refractivity (Wildman–Crippen MR) is 112 cm³/mol. The van der Waals surface area contributed by atoms with Crippen LogP contribution in [-0.4, -0.2) is 68.5 Å². The summed E-state index contributed by atoms with van der Waals surface area (Å²) in [6.07, 6.45) is 0. The first-order chi connectivity index (χ1) is 14.1. The highest BCUT2D eigenvalue weighted by atomic mass is 35.5. The number of para-hydroxylation sites is 1. The Morgan fingerprint density at radius 2 is 1.69 bits per heavy atom. The Morgan fingerprint density at radius 3 is 2.38 bits per heavy atom. The lowest BCUT2D eigenvalue weighted by molar-refractivity contribution is 0.102. The van der Waals surface area contributed by atoms with Gasteiger partial charge in [0, 0.05) is 31.9 Å². The van der Waals surface area contributed by atoms with Gasteiger partial charge in [0.15, 0.2) is 0 Å². The summed E-state index contributed by atoms with van der Waals surface area (Å²) in [5.41, 5.74) is 2.54. The first-order valence-electron chi connectivity index (χ1n) is 9.73. The zero-order chi connectivity index (χ0) is 20.2. The van der Waals surface area contributed by atoms with Crippen LogP contribution < -0.4 is 15.1 Å². The van der Waals surface area contributed by atoms with E-state index >= 15 is 0 Å². The number of ether oxygens (including phenoxy) is 2. The maximum Gasteiger partial charge on any atom is 0.274 e. The van der Waals surface area contributed by atoms with Gasteiger partial charge in [0.05, 0.1) is 42.8 Å². The number of halogens is 1. The Balaban J connectivity index is 1.58. The number of nitrogens with zero attached hydrogens (tertiary/aromatic N) is 4. The Morgan fingerprint density at radius 1 is 1.03 bits per heavy atom. The van der Waals surface area contributed by atoms with Gasteiger partial charge in [-0.3, -0.25) is 4.79 Å². The molecule has 1 aromatic carbocycles. The van der Waals surface area contributed by atoms with Crippen LogP contribution in [-0.2, 0) is 9.47 Å². The highest BCUT2D eigenvalue weighted by Gasteiger charge is 2.21. The van der Waals surface area contributed by atoms with E-state index in [1.54, 1.807) is 6.07 Å². The lowest BCUT2D eigenvalue weighted by Crippen LogP contribution is -2.38. The highest BCUT2D eigenvalue weighted by molar-refractivity contribution is 6.34. The zero-order valence-electron chi connectivity index (χ0n) is 16.4. The van der Waals surface area contributed by atoms with Crippen molar-refractivity contribution >= 4 is 34.8 Å². The van der Waals surface area contributed by atoms with Crippen molar-refractivity contribution < 1.29 is 14.3 Å².